The Morgan fingerprint density at radius 2 is 1.68 bits per heavy atom. The van der Waals surface area contributed by atoms with Crippen LogP contribution in [0.5, 0.6) is 5.75 Å². The number of anilines is 3. The fourth-order valence-electron chi connectivity index (χ4n) is 4.42. The van der Waals surface area contributed by atoms with Crippen molar-refractivity contribution >= 4 is 39.9 Å². The summed E-state index contributed by atoms with van der Waals surface area (Å²) in [4.78, 5) is 28.0. The third-order valence-electron chi connectivity index (χ3n) is 6.63. The summed E-state index contributed by atoms with van der Waals surface area (Å²) in [5.74, 6) is 0.686. The minimum Gasteiger partial charge on any atom is -0.490 e. The fraction of sp³-hybridized carbons (Fsp3) is 0.312. The van der Waals surface area contributed by atoms with E-state index in [1.807, 2.05) is 60.8 Å². The van der Waals surface area contributed by atoms with Crippen LogP contribution in [-0.2, 0) is 11.2 Å². The summed E-state index contributed by atoms with van der Waals surface area (Å²) in [6.07, 6.45) is 5.37. The highest BCUT2D eigenvalue weighted by Gasteiger charge is 2.10. The van der Waals surface area contributed by atoms with Gasteiger partial charge >= 0.3 is 6.03 Å². The first-order valence-corrected chi connectivity index (χ1v) is 14.2. The minimum atomic E-state index is -0.631. The first-order valence-electron chi connectivity index (χ1n) is 14.2. The van der Waals surface area contributed by atoms with E-state index in [9.17, 15) is 14.7 Å². The first-order chi connectivity index (χ1) is 20.0. The van der Waals surface area contributed by atoms with Gasteiger partial charge in [0, 0.05) is 35.8 Å². The van der Waals surface area contributed by atoms with Gasteiger partial charge in [0.15, 0.2) is 0 Å². The number of benzene rings is 3. The number of H-pyrrole nitrogens is 1. The molecule has 9 nitrogen and oxygen atoms in total. The number of hydrogen-bond acceptors (Lipinski definition) is 5. The number of carbonyl (C=O) groups is 2. The van der Waals surface area contributed by atoms with E-state index in [1.54, 1.807) is 18.2 Å². The van der Waals surface area contributed by atoms with E-state index < -0.39 is 12.1 Å². The van der Waals surface area contributed by atoms with E-state index in [1.165, 1.54) is 0 Å². The average Bonchev–Trinajstić information content (AvgIpc) is 3.46. The molecule has 0 aliphatic carbocycles. The van der Waals surface area contributed by atoms with Gasteiger partial charge in [-0.25, -0.2) is 4.79 Å². The predicted octanol–water partition coefficient (Wildman–Crippen LogP) is 5.90. The molecule has 216 valence electrons. The molecule has 3 aromatic carbocycles. The van der Waals surface area contributed by atoms with Crippen LogP contribution in [0.3, 0.4) is 0 Å². The van der Waals surface area contributed by atoms with Crippen molar-refractivity contribution in [2.75, 3.05) is 35.6 Å². The second kappa shape index (κ2) is 15.4. The summed E-state index contributed by atoms with van der Waals surface area (Å²) in [6.45, 7) is 3.41. The number of aliphatic hydroxyl groups is 1. The number of aliphatic hydroxyl groups excluding tert-OH is 1. The van der Waals surface area contributed by atoms with Crippen LogP contribution in [-0.4, -0.2) is 47.8 Å². The summed E-state index contributed by atoms with van der Waals surface area (Å²) >= 11 is 0. The molecular formula is C32H39N5O4. The maximum atomic E-state index is 12.6. The van der Waals surface area contributed by atoms with E-state index in [0.717, 1.165) is 47.9 Å². The molecule has 0 aliphatic rings. The molecule has 0 saturated heterocycles. The van der Waals surface area contributed by atoms with E-state index in [2.05, 4.69) is 33.2 Å². The van der Waals surface area contributed by atoms with Crippen LogP contribution in [0.25, 0.3) is 10.9 Å². The molecule has 4 aromatic rings. The number of nitrogens with one attached hydrogen (secondary N) is 5. The fourth-order valence-corrected chi connectivity index (χ4v) is 4.42. The highest BCUT2D eigenvalue weighted by molar-refractivity contribution is 6.04. The molecule has 41 heavy (non-hydrogen) atoms. The molecule has 0 radical (unpaired) electrons. The zero-order chi connectivity index (χ0) is 28.9. The van der Waals surface area contributed by atoms with E-state index in [4.69, 9.17) is 4.74 Å². The number of hydrogen-bond donors (Lipinski definition) is 6. The van der Waals surface area contributed by atoms with E-state index in [-0.39, 0.29) is 12.5 Å². The second-order valence-corrected chi connectivity index (χ2v) is 9.94. The van der Waals surface area contributed by atoms with Gasteiger partial charge in [0.2, 0.25) is 5.91 Å². The van der Waals surface area contributed by atoms with Gasteiger partial charge in [-0.2, -0.15) is 0 Å². The second-order valence-electron chi connectivity index (χ2n) is 9.94. The summed E-state index contributed by atoms with van der Waals surface area (Å²) in [5, 5.41) is 23.1. The van der Waals surface area contributed by atoms with Crippen LogP contribution in [0.1, 0.15) is 38.2 Å². The number of rotatable bonds is 15. The summed E-state index contributed by atoms with van der Waals surface area (Å²) in [7, 11) is 0. The third-order valence-corrected chi connectivity index (χ3v) is 6.63. The van der Waals surface area contributed by atoms with Gasteiger partial charge in [-0.05, 0) is 67.4 Å². The predicted molar refractivity (Wildman–Crippen MR) is 165 cm³/mol. The number of para-hydroxylation sites is 2. The largest absolute Gasteiger partial charge is 0.490 e. The zero-order valence-corrected chi connectivity index (χ0v) is 23.4. The first kappa shape index (κ1) is 29.6. The molecule has 0 aliphatic heterocycles. The molecule has 1 atom stereocenters. The SMILES string of the molecule is CCCCCC(=O)Nc1ccccc1NC(=O)Nc1ccc(CCNC[C@H](O)COc2cccc3[nH]ccc23)cc1. The van der Waals surface area contributed by atoms with Crippen molar-refractivity contribution < 1.29 is 19.4 Å². The van der Waals surface area contributed by atoms with Crippen molar-refractivity contribution in [2.24, 2.45) is 0 Å². The van der Waals surface area contributed by atoms with Crippen molar-refractivity contribution in [2.45, 2.75) is 45.1 Å². The molecule has 4 rings (SSSR count). The van der Waals surface area contributed by atoms with Crippen LogP contribution in [0.4, 0.5) is 21.9 Å². The number of aromatic amines is 1. The van der Waals surface area contributed by atoms with Crippen LogP contribution in [0, 0.1) is 0 Å². The number of carbonyl (C=O) groups excluding carboxylic acids is 2. The Labute approximate surface area is 240 Å². The van der Waals surface area contributed by atoms with Crippen LogP contribution >= 0.6 is 0 Å². The lowest BCUT2D eigenvalue weighted by molar-refractivity contribution is -0.116. The molecule has 1 aromatic heterocycles. The summed E-state index contributed by atoms with van der Waals surface area (Å²) < 4.78 is 5.81. The van der Waals surface area contributed by atoms with Crippen LogP contribution in [0.15, 0.2) is 79.0 Å². The lowest BCUT2D eigenvalue weighted by atomic mass is 10.1. The Balaban J connectivity index is 1.16. The molecule has 0 unspecified atom stereocenters. The van der Waals surface area contributed by atoms with E-state index >= 15 is 0 Å². The molecule has 6 N–H and O–H groups in total. The van der Waals surface area contributed by atoms with Gasteiger partial charge in [-0.1, -0.05) is 50.1 Å². The van der Waals surface area contributed by atoms with Gasteiger partial charge in [0.05, 0.1) is 11.4 Å². The van der Waals surface area contributed by atoms with Crippen molar-refractivity contribution in [1.82, 2.24) is 10.3 Å². The zero-order valence-electron chi connectivity index (χ0n) is 23.4. The normalized spacial score (nSPS) is 11.7. The molecule has 3 amide bonds. The van der Waals surface area contributed by atoms with Gasteiger partial charge in [-0.3, -0.25) is 4.79 Å². The van der Waals surface area contributed by atoms with Gasteiger partial charge in [-0.15, -0.1) is 0 Å². The average molecular weight is 558 g/mol. The maximum Gasteiger partial charge on any atom is 0.323 e. The summed E-state index contributed by atoms with van der Waals surface area (Å²) in [5.41, 5.74) is 3.86. The maximum absolute atomic E-state index is 12.6. The highest BCUT2D eigenvalue weighted by atomic mass is 16.5. The number of aromatic nitrogens is 1. The van der Waals surface area contributed by atoms with Gasteiger partial charge in [0.1, 0.15) is 18.5 Å². The smallest absolute Gasteiger partial charge is 0.323 e. The minimum absolute atomic E-state index is 0.0634. The topological polar surface area (TPSA) is 128 Å². The Bertz CT molecular complexity index is 1400. The third kappa shape index (κ3) is 9.37. The van der Waals surface area contributed by atoms with Crippen molar-refractivity contribution in [3.05, 3.63) is 84.6 Å². The summed E-state index contributed by atoms with van der Waals surface area (Å²) in [6, 6.07) is 22.1. The monoisotopic (exact) mass is 557 g/mol. The number of amides is 3. The molecule has 9 heteroatoms. The molecular weight excluding hydrogens is 518 g/mol. The lowest BCUT2D eigenvalue weighted by Gasteiger charge is -2.14. The number of urea groups is 1. The Hall–Kier alpha value is -4.34. The lowest BCUT2D eigenvalue weighted by Crippen LogP contribution is -2.32. The molecule has 0 bridgehead atoms. The number of unbranched alkanes of at least 4 members (excludes halogenated alkanes) is 2. The van der Waals surface area contributed by atoms with Gasteiger partial charge < -0.3 is 36.1 Å². The van der Waals surface area contributed by atoms with Crippen LogP contribution < -0.4 is 26.0 Å². The number of ether oxygens (including phenoxy) is 1. The van der Waals surface area contributed by atoms with Gasteiger partial charge in [0.25, 0.3) is 0 Å². The van der Waals surface area contributed by atoms with Crippen molar-refractivity contribution in [1.29, 1.82) is 0 Å². The number of fused-ring (bicyclic) bond motifs is 1. The molecule has 1 heterocycles. The molecule has 0 spiro atoms. The Morgan fingerprint density at radius 3 is 2.46 bits per heavy atom. The van der Waals surface area contributed by atoms with Crippen LogP contribution in [0.2, 0.25) is 0 Å². The Kier molecular flexibility index (Phi) is 11.2. The quantitative estimate of drug-likeness (QED) is 0.101. The Morgan fingerprint density at radius 1 is 0.902 bits per heavy atom. The molecule has 0 fully saturated rings. The highest BCUT2D eigenvalue weighted by Crippen LogP contribution is 2.25. The van der Waals surface area contributed by atoms with E-state index in [0.29, 0.717) is 36.6 Å². The standard InChI is InChI=1S/C32H39N5O4/c1-2-3-4-12-31(39)36-28-8-5-6-9-29(28)37-32(40)35-24-15-13-23(14-16-24)17-19-33-21-25(38)22-41-30-11-7-10-27-26(30)18-20-34-27/h5-11,13-16,18,20,25,33-34,38H,2-4,12,17,19,21-22H2,1H3,(H,36,39)(H2,35,37,40)/t25-/m0/s1. The van der Waals surface area contributed by atoms with Crippen molar-refractivity contribution in [3.8, 4) is 5.75 Å². The van der Waals surface area contributed by atoms with Crippen molar-refractivity contribution in [3.63, 3.8) is 0 Å². The molecule has 0 saturated carbocycles.